The first-order valence-electron chi connectivity index (χ1n) is 6.75. The average molecular weight is 246 g/mol. The average Bonchev–Trinajstić information content (AvgIpc) is 2.40. The second kappa shape index (κ2) is 6.01. The van der Waals surface area contributed by atoms with Crippen molar-refractivity contribution in [2.45, 2.75) is 38.1 Å². The van der Waals surface area contributed by atoms with Crippen LogP contribution in [0.1, 0.15) is 37.7 Å². The Morgan fingerprint density at radius 1 is 1.33 bits per heavy atom. The van der Waals surface area contributed by atoms with Gasteiger partial charge in [-0.15, -0.1) is 0 Å². The van der Waals surface area contributed by atoms with Gasteiger partial charge in [0.2, 0.25) is 5.91 Å². The minimum atomic E-state index is 0.262. The summed E-state index contributed by atoms with van der Waals surface area (Å²) in [6.07, 6.45) is 2.47. The van der Waals surface area contributed by atoms with Gasteiger partial charge >= 0.3 is 0 Å². The Kier molecular flexibility index (Phi) is 4.37. The van der Waals surface area contributed by atoms with Crippen LogP contribution in [0.2, 0.25) is 0 Å². The molecule has 0 aliphatic carbocycles. The molecule has 1 amide bonds. The Labute approximate surface area is 109 Å². The molecule has 0 aromatic heterocycles. The normalized spacial score (nSPS) is 18.7. The van der Waals surface area contributed by atoms with Gasteiger partial charge in [-0.2, -0.15) is 0 Å². The van der Waals surface area contributed by atoms with Gasteiger partial charge in [0, 0.05) is 25.6 Å². The molecule has 1 aliphatic heterocycles. The van der Waals surface area contributed by atoms with Crippen LogP contribution < -0.4 is 5.73 Å². The number of piperidine rings is 1. The monoisotopic (exact) mass is 246 g/mol. The van der Waals surface area contributed by atoms with Gasteiger partial charge in [0.05, 0.1) is 0 Å². The smallest absolute Gasteiger partial charge is 0.223 e. The first kappa shape index (κ1) is 13.1. The summed E-state index contributed by atoms with van der Waals surface area (Å²) in [7, 11) is 0. The third-order valence-corrected chi connectivity index (χ3v) is 3.74. The molecular formula is C15H22N2O. The summed E-state index contributed by atoms with van der Waals surface area (Å²) in [6.45, 7) is 3.76. The maximum absolute atomic E-state index is 12.2. The second-order valence-corrected chi connectivity index (χ2v) is 5.23. The zero-order valence-corrected chi connectivity index (χ0v) is 11.0. The van der Waals surface area contributed by atoms with Gasteiger partial charge in [0.1, 0.15) is 0 Å². The van der Waals surface area contributed by atoms with Crippen LogP contribution in [-0.2, 0) is 4.79 Å². The van der Waals surface area contributed by atoms with Crippen molar-refractivity contribution in [1.82, 2.24) is 4.90 Å². The minimum absolute atomic E-state index is 0.262. The Morgan fingerprint density at radius 2 is 1.94 bits per heavy atom. The largest absolute Gasteiger partial charge is 0.343 e. The van der Waals surface area contributed by atoms with E-state index in [0.717, 1.165) is 25.9 Å². The fraction of sp³-hybridized carbons (Fsp3) is 0.533. The molecule has 1 heterocycles. The molecule has 3 nitrogen and oxygen atoms in total. The zero-order chi connectivity index (χ0) is 13.0. The number of likely N-dealkylation sites (tertiary alicyclic amines) is 1. The van der Waals surface area contributed by atoms with Crippen molar-refractivity contribution in [3.05, 3.63) is 35.9 Å². The molecule has 0 saturated carbocycles. The molecule has 2 N–H and O–H groups in total. The molecule has 1 unspecified atom stereocenters. The van der Waals surface area contributed by atoms with E-state index in [4.69, 9.17) is 5.73 Å². The number of hydrogen-bond donors (Lipinski definition) is 1. The van der Waals surface area contributed by atoms with Crippen LogP contribution in [0.5, 0.6) is 0 Å². The van der Waals surface area contributed by atoms with Crippen molar-refractivity contribution in [3.8, 4) is 0 Å². The maximum Gasteiger partial charge on any atom is 0.223 e. The van der Waals surface area contributed by atoms with E-state index >= 15 is 0 Å². The highest BCUT2D eigenvalue weighted by atomic mass is 16.2. The van der Waals surface area contributed by atoms with Crippen molar-refractivity contribution in [2.24, 2.45) is 5.73 Å². The van der Waals surface area contributed by atoms with Crippen LogP contribution in [0.4, 0.5) is 0 Å². The minimum Gasteiger partial charge on any atom is -0.343 e. The molecule has 3 heteroatoms. The summed E-state index contributed by atoms with van der Waals surface area (Å²) >= 11 is 0. The molecule has 1 saturated heterocycles. The van der Waals surface area contributed by atoms with Gasteiger partial charge in [0.25, 0.3) is 0 Å². The predicted octanol–water partition coefficient (Wildman–Crippen LogP) is 2.13. The number of rotatable bonds is 3. The van der Waals surface area contributed by atoms with E-state index in [2.05, 4.69) is 19.1 Å². The molecular weight excluding hydrogens is 224 g/mol. The van der Waals surface area contributed by atoms with Crippen LogP contribution in [0, 0.1) is 0 Å². The van der Waals surface area contributed by atoms with Crippen LogP contribution in [0.3, 0.4) is 0 Å². The number of hydrogen-bond acceptors (Lipinski definition) is 2. The topological polar surface area (TPSA) is 46.3 Å². The number of carbonyl (C=O) groups is 1. The molecule has 1 fully saturated rings. The number of amides is 1. The summed E-state index contributed by atoms with van der Waals surface area (Å²) in [4.78, 5) is 14.1. The lowest BCUT2D eigenvalue weighted by Crippen LogP contribution is -2.43. The lowest BCUT2D eigenvalue weighted by Gasteiger charge is -2.31. The van der Waals surface area contributed by atoms with E-state index < -0.39 is 0 Å². The lowest BCUT2D eigenvalue weighted by molar-refractivity contribution is -0.132. The van der Waals surface area contributed by atoms with Gasteiger partial charge in [-0.05, 0) is 24.3 Å². The SMILES string of the molecule is CC(CC(=O)N1CCC(N)CC1)c1ccccc1. The summed E-state index contributed by atoms with van der Waals surface area (Å²) in [6, 6.07) is 10.5. The molecule has 98 valence electrons. The van der Waals surface area contributed by atoms with E-state index in [9.17, 15) is 4.79 Å². The maximum atomic E-state index is 12.2. The van der Waals surface area contributed by atoms with Crippen molar-refractivity contribution < 1.29 is 4.79 Å². The molecule has 0 spiro atoms. The summed E-state index contributed by atoms with van der Waals surface area (Å²) in [5.74, 6) is 0.549. The van der Waals surface area contributed by atoms with Crippen LogP contribution >= 0.6 is 0 Å². The highest BCUT2D eigenvalue weighted by molar-refractivity contribution is 5.77. The first-order chi connectivity index (χ1) is 8.66. The first-order valence-corrected chi connectivity index (χ1v) is 6.75. The highest BCUT2D eigenvalue weighted by Crippen LogP contribution is 2.20. The summed E-state index contributed by atoms with van der Waals surface area (Å²) < 4.78 is 0. The number of nitrogens with two attached hydrogens (primary N) is 1. The van der Waals surface area contributed by atoms with E-state index in [1.807, 2.05) is 23.1 Å². The predicted molar refractivity (Wildman–Crippen MR) is 73.3 cm³/mol. The van der Waals surface area contributed by atoms with Crippen LogP contribution in [0.15, 0.2) is 30.3 Å². The van der Waals surface area contributed by atoms with E-state index in [0.29, 0.717) is 6.42 Å². The molecule has 18 heavy (non-hydrogen) atoms. The molecule has 1 aromatic rings. The Hall–Kier alpha value is -1.35. The summed E-state index contributed by atoms with van der Waals surface area (Å²) in [5.41, 5.74) is 7.09. The molecule has 1 atom stereocenters. The van der Waals surface area contributed by atoms with Crippen LogP contribution in [-0.4, -0.2) is 29.9 Å². The van der Waals surface area contributed by atoms with Gasteiger partial charge in [0.15, 0.2) is 0 Å². The van der Waals surface area contributed by atoms with Crippen molar-refractivity contribution in [2.75, 3.05) is 13.1 Å². The van der Waals surface area contributed by atoms with Crippen molar-refractivity contribution in [3.63, 3.8) is 0 Å². The second-order valence-electron chi connectivity index (χ2n) is 5.23. The van der Waals surface area contributed by atoms with E-state index in [1.165, 1.54) is 5.56 Å². The van der Waals surface area contributed by atoms with Crippen molar-refractivity contribution in [1.29, 1.82) is 0 Å². The molecule has 1 aromatic carbocycles. The Morgan fingerprint density at radius 3 is 2.56 bits per heavy atom. The Balaban J connectivity index is 1.87. The van der Waals surface area contributed by atoms with Gasteiger partial charge in [-0.1, -0.05) is 37.3 Å². The zero-order valence-electron chi connectivity index (χ0n) is 11.0. The van der Waals surface area contributed by atoms with Gasteiger partial charge in [-0.25, -0.2) is 0 Å². The van der Waals surface area contributed by atoms with Gasteiger partial charge in [-0.3, -0.25) is 4.79 Å². The fourth-order valence-corrected chi connectivity index (χ4v) is 2.44. The number of carbonyl (C=O) groups excluding carboxylic acids is 1. The standard InChI is InChI=1S/C15H22N2O/c1-12(13-5-3-2-4-6-13)11-15(18)17-9-7-14(16)8-10-17/h2-6,12,14H,7-11,16H2,1H3. The molecule has 2 rings (SSSR count). The number of nitrogens with zero attached hydrogens (tertiary/aromatic N) is 1. The number of benzene rings is 1. The highest BCUT2D eigenvalue weighted by Gasteiger charge is 2.22. The molecule has 1 aliphatic rings. The quantitative estimate of drug-likeness (QED) is 0.888. The molecule has 0 radical (unpaired) electrons. The van der Waals surface area contributed by atoms with E-state index in [-0.39, 0.29) is 17.9 Å². The lowest BCUT2D eigenvalue weighted by atomic mass is 9.96. The van der Waals surface area contributed by atoms with Gasteiger partial charge < -0.3 is 10.6 Å². The molecule has 0 bridgehead atoms. The third-order valence-electron chi connectivity index (χ3n) is 3.74. The van der Waals surface area contributed by atoms with Crippen molar-refractivity contribution >= 4 is 5.91 Å². The fourth-order valence-electron chi connectivity index (χ4n) is 2.44. The van der Waals surface area contributed by atoms with E-state index in [1.54, 1.807) is 0 Å². The Bertz CT molecular complexity index is 383. The summed E-state index contributed by atoms with van der Waals surface area (Å²) in [5, 5.41) is 0. The van der Waals surface area contributed by atoms with Crippen LogP contribution in [0.25, 0.3) is 0 Å². The third kappa shape index (κ3) is 3.33.